The number of aromatic nitrogens is 2. The third-order valence-electron chi connectivity index (χ3n) is 3.74. The van der Waals surface area contributed by atoms with Crippen LogP contribution < -0.4 is 0 Å². The largest absolute Gasteiger partial charge is 0.318 e. The Morgan fingerprint density at radius 3 is 2.76 bits per heavy atom. The molecule has 0 radical (unpaired) electrons. The highest BCUT2D eigenvalue weighted by Crippen LogP contribution is 2.26. The SMILES string of the molecule is CCCCN1Cn2c(-c3ccc(C#N)cc3)cnc2C1=O. The van der Waals surface area contributed by atoms with Crippen molar-refractivity contribution in [3.63, 3.8) is 0 Å². The molecule has 0 saturated carbocycles. The van der Waals surface area contributed by atoms with Gasteiger partial charge >= 0.3 is 0 Å². The Balaban J connectivity index is 1.90. The van der Waals surface area contributed by atoms with Crippen molar-refractivity contribution in [3.05, 3.63) is 41.9 Å². The maximum absolute atomic E-state index is 12.2. The zero-order valence-electron chi connectivity index (χ0n) is 11.9. The maximum Gasteiger partial charge on any atom is 0.291 e. The van der Waals surface area contributed by atoms with Gasteiger partial charge in [0.1, 0.15) is 0 Å². The van der Waals surface area contributed by atoms with Crippen molar-refractivity contribution in [2.24, 2.45) is 0 Å². The van der Waals surface area contributed by atoms with E-state index in [1.165, 1.54) is 0 Å². The quantitative estimate of drug-likeness (QED) is 0.865. The fraction of sp³-hybridized carbons (Fsp3) is 0.312. The van der Waals surface area contributed by atoms with Crippen LogP contribution in [0.3, 0.4) is 0 Å². The summed E-state index contributed by atoms with van der Waals surface area (Å²) in [5, 5.41) is 8.85. The van der Waals surface area contributed by atoms with Gasteiger partial charge in [-0.05, 0) is 24.1 Å². The molecular formula is C16H16N4O. The van der Waals surface area contributed by atoms with Crippen LogP contribution >= 0.6 is 0 Å². The van der Waals surface area contributed by atoms with Gasteiger partial charge in [0.2, 0.25) is 5.82 Å². The van der Waals surface area contributed by atoms with Gasteiger partial charge in [0.25, 0.3) is 5.91 Å². The predicted molar refractivity (Wildman–Crippen MR) is 78.3 cm³/mol. The van der Waals surface area contributed by atoms with Gasteiger partial charge in [-0.15, -0.1) is 0 Å². The van der Waals surface area contributed by atoms with Gasteiger partial charge in [-0.1, -0.05) is 25.5 Å². The number of carbonyl (C=O) groups is 1. The number of nitrogens with zero attached hydrogens (tertiary/aromatic N) is 4. The number of fused-ring (bicyclic) bond motifs is 1. The topological polar surface area (TPSA) is 61.9 Å². The van der Waals surface area contributed by atoms with Crippen LogP contribution in [0.15, 0.2) is 30.5 Å². The number of benzene rings is 1. The summed E-state index contributed by atoms with van der Waals surface area (Å²) >= 11 is 0. The first-order valence-corrected chi connectivity index (χ1v) is 7.10. The Morgan fingerprint density at radius 1 is 1.33 bits per heavy atom. The van der Waals surface area contributed by atoms with Crippen LogP contribution in [0.1, 0.15) is 35.9 Å². The monoisotopic (exact) mass is 280 g/mol. The Morgan fingerprint density at radius 2 is 2.10 bits per heavy atom. The second-order valence-electron chi connectivity index (χ2n) is 5.15. The van der Waals surface area contributed by atoms with Gasteiger partial charge in [0.15, 0.2) is 0 Å². The number of unbranched alkanes of at least 4 members (excludes halogenated alkanes) is 1. The minimum atomic E-state index is 0.00310. The van der Waals surface area contributed by atoms with Gasteiger partial charge < -0.3 is 9.47 Å². The molecule has 0 bridgehead atoms. The number of hydrogen-bond acceptors (Lipinski definition) is 3. The lowest BCUT2D eigenvalue weighted by molar-refractivity contribution is 0.0764. The van der Waals surface area contributed by atoms with E-state index >= 15 is 0 Å². The summed E-state index contributed by atoms with van der Waals surface area (Å²) in [5.74, 6) is 0.508. The number of amides is 1. The zero-order chi connectivity index (χ0) is 14.8. The molecule has 3 rings (SSSR count). The minimum Gasteiger partial charge on any atom is -0.318 e. The van der Waals surface area contributed by atoms with Crippen LogP contribution in [-0.4, -0.2) is 26.9 Å². The Bertz CT molecular complexity index is 709. The summed E-state index contributed by atoms with van der Waals surface area (Å²) in [6.07, 6.45) is 3.79. The Labute approximate surface area is 123 Å². The molecule has 0 aliphatic carbocycles. The van der Waals surface area contributed by atoms with E-state index in [0.29, 0.717) is 18.1 Å². The Kier molecular flexibility index (Phi) is 3.44. The van der Waals surface area contributed by atoms with Crippen molar-refractivity contribution in [1.29, 1.82) is 5.26 Å². The molecule has 1 aliphatic heterocycles. The summed E-state index contributed by atoms with van der Waals surface area (Å²) in [6, 6.07) is 9.44. The first-order chi connectivity index (χ1) is 10.2. The molecule has 0 atom stereocenters. The number of carbonyl (C=O) groups excluding carboxylic acids is 1. The van der Waals surface area contributed by atoms with Crippen LogP contribution in [0.25, 0.3) is 11.3 Å². The number of nitriles is 1. The van der Waals surface area contributed by atoms with E-state index < -0.39 is 0 Å². The summed E-state index contributed by atoms with van der Waals surface area (Å²) < 4.78 is 1.94. The lowest BCUT2D eigenvalue weighted by atomic mass is 10.1. The van der Waals surface area contributed by atoms with Crippen LogP contribution in [-0.2, 0) is 6.67 Å². The first kappa shape index (κ1) is 13.4. The van der Waals surface area contributed by atoms with Gasteiger partial charge in [0.05, 0.1) is 30.2 Å². The van der Waals surface area contributed by atoms with Gasteiger partial charge in [-0.25, -0.2) is 4.98 Å². The van der Waals surface area contributed by atoms with E-state index in [1.54, 1.807) is 18.3 Å². The van der Waals surface area contributed by atoms with Crippen LogP contribution in [0, 0.1) is 11.3 Å². The van der Waals surface area contributed by atoms with E-state index in [-0.39, 0.29) is 5.91 Å². The molecule has 2 heterocycles. The highest BCUT2D eigenvalue weighted by Gasteiger charge is 2.30. The molecular weight excluding hydrogens is 264 g/mol. The van der Waals surface area contributed by atoms with Crippen LogP contribution in [0.5, 0.6) is 0 Å². The second kappa shape index (κ2) is 5.41. The molecule has 2 aromatic rings. The summed E-state index contributed by atoms with van der Waals surface area (Å²) in [4.78, 5) is 18.3. The second-order valence-corrected chi connectivity index (χ2v) is 5.15. The molecule has 1 aromatic heterocycles. The fourth-order valence-corrected chi connectivity index (χ4v) is 2.53. The molecule has 21 heavy (non-hydrogen) atoms. The molecule has 0 fully saturated rings. The van der Waals surface area contributed by atoms with Crippen LogP contribution in [0.2, 0.25) is 0 Å². The molecule has 5 heteroatoms. The minimum absolute atomic E-state index is 0.00310. The van der Waals surface area contributed by atoms with Crippen molar-refractivity contribution in [2.75, 3.05) is 6.54 Å². The lowest BCUT2D eigenvalue weighted by Crippen LogP contribution is -2.25. The van der Waals surface area contributed by atoms with Gasteiger partial charge in [0, 0.05) is 6.54 Å². The van der Waals surface area contributed by atoms with E-state index in [4.69, 9.17) is 5.26 Å². The molecule has 1 amide bonds. The summed E-state index contributed by atoms with van der Waals surface area (Å²) in [5.41, 5.74) is 2.51. The van der Waals surface area contributed by atoms with E-state index in [2.05, 4.69) is 18.0 Å². The molecule has 1 aromatic carbocycles. The smallest absolute Gasteiger partial charge is 0.291 e. The molecule has 106 valence electrons. The lowest BCUT2D eigenvalue weighted by Gasteiger charge is -2.15. The maximum atomic E-state index is 12.2. The zero-order valence-corrected chi connectivity index (χ0v) is 11.9. The summed E-state index contributed by atoms with van der Waals surface area (Å²) in [7, 11) is 0. The van der Waals surface area contributed by atoms with Crippen molar-refractivity contribution in [2.45, 2.75) is 26.4 Å². The van der Waals surface area contributed by atoms with Crippen LogP contribution in [0.4, 0.5) is 0 Å². The third kappa shape index (κ3) is 2.29. The molecule has 0 unspecified atom stereocenters. The molecule has 0 spiro atoms. The molecule has 5 nitrogen and oxygen atoms in total. The molecule has 0 saturated heterocycles. The Hall–Kier alpha value is -2.61. The highest BCUT2D eigenvalue weighted by atomic mass is 16.2. The molecule has 0 N–H and O–H groups in total. The number of rotatable bonds is 4. The average Bonchev–Trinajstić information content (AvgIpc) is 3.06. The first-order valence-electron chi connectivity index (χ1n) is 7.10. The highest BCUT2D eigenvalue weighted by molar-refractivity contribution is 5.93. The fourth-order valence-electron chi connectivity index (χ4n) is 2.53. The standard InChI is InChI=1S/C16H16N4O/c1-2-3-8-19-11-20-14(10-18-15(20)16(19)21)13-6-4-12(9-17)5-7-13/h4-7,10H,2-3,8,11H2,1H3. The van der Waals surface area contributed by atoms with Crippen molar-refractivity contribution < 1.29 is 4.79 Å². The number of hydrogen-bond donors (Lipinski definition) is 0. The molecule has 1 aliphatic rings. The van der Waals surface area contributed by atoms with E-state index in [9.17, 15) is 4.79 Å². The third-order valence-corrected chi connectivity index (χ3v) is 3.74. The van der Waals surface area contributed by atoms with Crippen molar-refractivity contribution >= 4 is 5.91 Å². The predicted octanol–water partition coefficient (Wildman–Crippen LogP) is 2.64. The average molecular weight is 280 g/mol. The number of imidazole rings is 1. The summed E-state index contributed by atoms with van der Waals surface area (Å²) in [6.45, 7) is 3.44. The van der Waals surface area contributed by atoms with Crippen molar-refractivity contribution in [3.8, 4) is 17.3 Å². The van der Waals surface area contributed by atoms with E-state index in [1.807, 2.05) is 21.6 Å². The normalized spacial score (nSPS) is 13.3. The van der Waals surface area contributed by atoms with E-state index in [0.717, 1.165) is 30.6 Å². The van der Waals surface area contributed by atoms with Gasteiger partial charge in [-0.3, -0.25) is 4.79 Å². The van der Waals surface area contributed by atoms with Crippen molar-refractivity contribution in [1.82, 2.24) is 14.5 Å². The van der Waals surface area contributed by atoms with Gasteiger partial charge in [-0.2, -0.15) is 5.26 Å².